The highest BCUT2D eigenvalue weighted by atomic mass is 16.5. The number of rotatable bonds is 2. The first-order valence-electron chi connectivity index (χ1n) is 9.64. The first kappa shape index (κ1) is 16.9. The molecule has 0 fully saturated rings. The average Bonchev–Trinajstić information content (AvgIpc) is 3.21. The Morgan fingerprint density at radius 1 is 1.21 bits per heavy atom. The van der Waals surface area contributed by atoms with Gasteiger partial charge in [-0.05, 0) is 49.4 Å². The lowest BCUT2D eigenvalue weighted by Gasteiger charge is -2.28. The minimum absolute atomic E-state index is 0.138. The smallest absolute Gasteiger partial charge is 0.259 e. The molecule has 1 amide bonds. The Kier molecular flexibility index (Phi) is 4.07. The van der Waals surface area contributed by atoms with Crippen molar-refractivity contribution in [1.29, 1.82) is 0 Å². The molecule has 1 N–H and O–H groups in total. The number of aromatic amines is 1. The summed E-state index contributed by atoms with van der Waals surface area (Å²) < 4.78 is 5.53. The van der Waals surface area contributed by atoms with E-state index in [1.807, 2.05) is 24.4 Å². The summed E-state index contributed by atoms with van der Waals surface area (Å²) in [4.78, 5) is 39.4. The van der Waals surface area contributed by atoms with E-state index in [4.69, 9.17) is 4.74 Å². The summed E-state index contributed by atoms with van der Waals surface area (Å²) in [6.45, 7) is 1.19. The third-order valence-electron chi connectivity index (χ3n) is 5.35. The molecule has 7 heteroatoms. The number of amides is 1. The zero-order valence-corrected chi connectivity index (χ0v) is 15.4. The van der Waals surface area contributed by atoms with Crippen LogP contribution in [0.25, 0.3) is 5.70 Å². The third-order valence-corrected chi connectivity index (χ3v) is 5.35. The molecular weight excluding hydrogens is 356 g/mol. The zero-order chi connectivity index (χ0) is 19.1. The lowest BCUT2D eigenvalue weighted by molar-refractivity contribution is 0.0984. The maximum absolute atomic E-state index is 13.2. The monoisotopic (exact) mass is 376 g/mol. The van der Waals surface area contributed by atoms with Crippen molar-refractivity contribution in [2.24, 2.45) is 4.99 Å². The molecule has 0 radical (unpaired) electrons. The van der Waals surface area contributed by atoms with Crippen LogP contribution in [0.15, 0.2) is 34.1 Å². The van der Waals surface area contributed by atoms with Crippen molar-refractivity contribution in [3.05, 3.63) is 57.1 Å². The van der Waals surface area contributed by atoms with Gasteiger partial charge in [0.2, 0.25) is 0 Å². The standard InChI is InChI=1S/C21H20N4O3/c26-20-15-4-3-10-25(19(15)23-18(24-20)16-5-1-2-9-22-16)21(27)14-6-7-17-13(12-14)8-11-28-17/h5-7,9,12H,1-4,8,10-11H2,(H,23,24,26). The summed E-state index contributed by atoms with van der Waals surface area (Å²) >= 11 is 0. The molecule has 142 valence electrons. The highest BCUT2D eigenvalue weighted by Crippen LogP contribution is 2.29. The normalized spacial score (nSPS) is 17.6. The molecule has 3 aliphatic rings. The molecule has 0 bridgehead atoms. The van der Waals surface area contributed by atoms with Crippen molar-refractivity contribution < 1.29 is 9.53 Å². The first-order valence-corrected chi connectivity index (χ1v) is 9.64. The molecule has 4 heterocycles. The van der Waals surface area contributed by atoms with E-state index in [0.717, 1.165) is 37.0 Å². The highest BCUT2D eigenvalue weighted by molar-refractivity contribution is 6.06. The quantitative estimate of drug-likeness (QED) is 0.872. The summed E-state index contributed by atoms with van der Waals surface area (Å²) in [7, 11) is 0. The van der Waals surface area contributed by atoms with Gasteiger partial charge < -0.3 is 9.72 Å². The second-order valence-corrected chi connectivity index (χ2v) is 7.18. The van der Waals surface area contributed by atoms with Gasteiger partial charge in [0.05, 0.1) is 12.2 Å². The zero-order valence-electron chi connectivity index (χ0n) is 15.4. The molecule has 1 aromatic heterocycles. The number of hydrogen-bond acceptors (Lipinski definition) is 5. The number of anilines is 1. The van der Waals surface area contributed by atoms with Crippen molar-refractivity contribution in [3.8, 4) is 5.75 Å². The van der Waals surface area contributed by atoms with Crippen LogP contribution in [0, 0.1) is 0 Å². The van der Waals surface area contributed by atoms with Gasteiger partial charge in [-0.3, -0.25) is 19.5 Å². The number of aliphatic imine (C=N–C) groups is 1. The van der Waals surface area contributed by atoms with E-state index in [1.54, 1.807) is 11.0 Å². The van der Waals surface area contributed by atoms with Gasteiger partial charge in [0, 0.05) is 24.7 Å². The van der Waals surface area contributed by atoms with Crippen LogP contribution >= 0.6 is 0 Å². The minimum Gasteiger partial charge on any atom is -0.493 e. The Morgan fingerprint density at radius 3 is 3.00 bits per heavy atom. The summed E-state index contributed by atoms with van der Waals surface area (Å²) in [6.07, 6.45) is 7.68. The van der Waals surface area contributed by atoms with Gasteiger partial charge >= 0.3 is 0 Å². The number of aromatic nitrogens is 2. The maximum atomic E-state index is 13.2. The van der Waals surface area contributed by atoms with Crippen LogP contribution in [0.3, 0.4) is 0 Å². The van der Waals surface area contributed by atoms with Crippen LogP contribution in [-0.4, -0.2) is 35.2 Å². The molecule has 3 aliphatic heterocycles. The second kappa shape index (κ2) is 6.74. The molecular formula is C21H20N4O3. The van der Waals surface area contributed by atoms with E-state index in [-0.39, 0.29) is 11.5 Å². The fourth-order valence-corrected chi connectivity index (χ4v) is 3.92. The number of nitrogens with zero attached hydrogens (tertiary/aromatic N) is 3. The summed E-state index contributed by atoms with van der Waals surface area (Å²) in [5, 5.41) is 0. The van der Waals surface area contributed by atoms with Gasteiger partial charge in [0.25, 0.3) is 11.5 Å². The lowest BCUT2D eigenvalue weighted by atomic mass is 10.0. The Balaban J connectivity index is 1.55. The fraction of sp³-hybridized carbons (Fsp3) is 0.333. The van der Waals surface area contributed by atoms with E-state index in [9.17, 15) is 9.59 Å². The molecule has 2 aromatic rings. The number of H-pyrrole nitrogens is 1. The number of carbonyl (C=O) groups excluding carboxylic acids is 1. The molecule has 0 saturated carbocycles. The van der Waals surface area contributed by atoms with Gasteiger partial charge in [0.15, 0.2) is 5.82 Å². The molecule has 0 unspecified atom stereocenters. The van der Waals surface area contributed by atoms with Crippen molar-refractivity contribution in [3.63, 3.8) is 0 Å². The van der Waals surface area contributed by atoms with E-state index >= 15 is 0 Å². The summed E-state index contributed by atoms with van der Waals surface area (Å²) in [5.74, 6) is 1.57. The van der Waals surface area contributed by atoms with Crippen LogP contribution in [0.1, 0.15) is 46.6 Å². The first-order chi connectivity index (χ1) is 13.7. The van der Waals surface area contributed by atoms with Gasteiger partial charge in [-0.15, -0.1) is 0 Å². The van der Waals surface area contributed by atoms with Crippen LogP contribution in [-0.2, 0) is 12.8 Å². The molecule has 28 heavy (non-hydrogen) atoms. The Morgan fingerprint density at radius 2 is 2.14 bits per heavy atom. The SMILES string of the molecule is O=C(c1ccc2c(c1)CCO2)N1CCCc2c1nc(C1=CCCC=N1)[nH]c2=O. The second-order valence-electron chi connectivity index (χ2n) is 7.18. The van der Waals surface area contributed by atoms with E-state index in [1.165, 1.54) is 0 Å². The summed E-state index contributed by atoms with van der Waals surface area (Å²) in [5.41, 5.74) is 2.66. The highest BCUT2D eigenvalue weighted by Gasteiger charge is 2.29. The lowest BCUT2D eigenvalue weighted by Crippen LogP contribution is -2.39. The predicted octanol–water partition coefficient (Wildman–Crippen LogP) is 2.50. The largest absolute Gasteiger partial charge is 0.493 e. The molecule has 0 atom stereocenters. The molecule has 5 rings (SSSR count). The number of hydrogen-bond donors (Lipinski definition) is 1. The van der Waals surface area contributed by atoms with E-state index in [2.05, 4.69) is 15.0 Å². The number of fused-ring (bicyclic) bond motifs is 2. The topological polar surface area (TPSA) is 87.7 Å². The van der Waals surface area contributed by atoms with Crippen molar-refractivity contribution in [2.45, 2.75) is 32.1 Å². The number of nitrogens with one attached hydrogen (secondary N) is 1. The van der Waals surface area contributed by atoms with Crippen LogP contribution in [0.5, 0.6) is 5.75 Å². The minimum atomic E-state index is -0.193. The van der Waals surface area contributed by atoms with Crippen molar-refractivity contribution in [1.82, 2.24) is 9.97 Å². The number of carbonyl (C=O) groups is 1. The van der Waals surface area contributed by atoms with Gasteiger partial charge in [-0.2, -0.15) is 0 Å². The number of benzene rings is 1. The van der Waals surface area contributed by atoms with E-state index < -0.39 is 0 Å². The predicted molar refractivity (Wildman–Crippen MR) is 106 cm³/mol. The fourth-order valence-electron chi connectivity index (χ4n) is 3.92. The molecule has 7 nitrogen and oxygen atoms in total. The maximum Gasteiger partial charge on any atom is 0.259 e. The molecule has 1 aromatic carbocycles. The third kappa shape index (κ3) is 2.83. The van der Waals surface area contributed by atoms with Crippen molar-refractivity contribution in [2.75, 3.05) is 18.1 Å². The van der Waals surface area contributed by atoms with Crippen LogP contribution in [0.4, 0.5) is 5.82 Å². The number of ether oxygens (including phenoxy) is 1. The summed E-state index contributed by atoms with van der Waals surface area (Å²) in [6, 6.07) is 5.52. The van der Waals surface area contributed by atoms with Crippen molar-refractivity contribution >= 4 is 23.6 Å². The average molecular weight is 376 g/mol. The number of allylic oxidation sites excluding steroid dienone is 1. The Hall–Kier alpha value is -3.22. The van der Waals surface area contributed by atoms with Gasteiger partial charge in [-0.25, -0.2) is 4.98 Å². The Labute approximate surface area is 161 Å². The van der Waals surface area contributed by atoms with Gasteiger partial charge in [0.1, 0.15) is 17.3 Å². The van der Waals surface area contributed by atoms with E-state index in [0.29, 0.717) is 48.0 Å². The van der Waals surface area contributed by atoms with Crippen LogP contribution < -0.4 is 15.2 Å². The van der Waals surface area contributed by atoms with Crippen LogP contribution in [0.2, 0.25) is 0 Å². The molecule has 0 saturated heterocycles. The molecule has 0 aliphatic carbocycles. The van der Waals surface area contributed by atoms with Gasteiger partial charge in [-0.1, -0.05) is 6.08 Å². The Bertz CT molecular complexity index is 1080. The molecule has 0 spiro atoms.